The van der Waals surface area contributed by atoms with Gasteiger partial charge in [-0.05, 0) is 24.3 Å². The van der Waals surface area contributed by atoms with Crippen LogP contribution in [0, 0.1) is 11.3 Å². The second-order valence-electron chi connectivity index (χ2n) is 3.81. The normalized spacial score (nSPS) is 9.65. The summed E-state index contributed by atoms with van der Waals surface area (Å²) in [5.74, 6) is 0. The van der Waals surface area contributed by atoms with Crippen molar-refractivity contribution in [2.24, 2.45) is 0 Å². The predicted molar refractivity (Wildman–Crippen MR) is 67.5 cm³/mol. The van der Waals surface area contributed by atoms with E-state index in [4.69, 9.17) is 5.26 Å². The van der Waals surface area contributed by atoms with Crippen LogP contribution in [0.5, 0.6) is 0 Å². The van der Waals surface area contributed by atoms with E-state index in [1.807, 2.05) is 54.4 Å². The van der Waals surface area contributed by atoms with Crippen LogP contribution < -0.4 is 4.90 Å². The van der Waals surface area contributed by atoms with E-state index in [0.717, 1.165) is 11.4 Å². The van der Waals surface area contributed by atoms with Gasteiger partial charge in [0.05, 0.1) is 23.5 Å². The second kappa shape index (κ2) is 5.13. The van der Waals surface area contributed by atoms with Gasteiger partial charge in [-0.1, -0.05) is 18.2 Å². The van der Waals surface area contributed by atoms with Crippen molar-refractivity contribution in [2.75, 3.05) is 11.9 Å². The van der Waals surface area contributed by atoms with Gasteiger partial charge in [0, 0.05) is 13.2 Å². The van der Waals surface area contributed by atoms with Crippen molar-refractivity contribution in [1.82, 2.24) is 4.98 Å². The van der Waals surface area contributed by atoms with Crippen molar-refractivity contribution in [2.45, 2.75) is 6.54 Å². The first kappa shape index (κ1) is 11.2. The van der Waals surface area contributed by atoms with E-state index in [1.54, 1.807) is 6.20 Å². The Labute approximate surface area is 101 Å². The van der Waals surface area contributed by atoms with Crippen LogP contribution in [0.3, 0.4) is 0 Å². The molecule has 0 unspecified atom stereocenters. The van der Waals surface area contributed by atoms with Crippen LogP contribution in [0.2, 0.25) is 0 Å². The fraction of sp³-hybridized carbons (Fsp3) is 0.143. The molecular formula is C14H13N3. The van der Waals surface area contributed by atoms with Gasteiger partial charge < -0.3 is 4.90 Å². The van der Waals surface area contributed by atoms with Crippen LogP contribution in [-0.4, -0.2) is 12.0 Å². The van der Waals surface area contributed by atoms with Gasteiger partial charge in [0.15, 0.2) is 0 Å². The minimum Gasteiger partial charge on any atom is -0.368 e. The maximum Gasteiger partial charge on any atom is 0.101 e. The molecule has 1 aromatic carbocycles. The topological polar surface area (TPSA) is 39.9 Å². The maximum absolute atomic E-state index is 9.04. The number of rotatable bonds is 3. The molecule has 3 nitrogen and oxygen atoms in total. The van der Waals surface area contributed by atoms with Crippen molar-refractivity contribution < 1.29 is 0 Å². The smallest absolute Gasteiger partial charge is 0.101 e. The monoisotopic (exact) mass is 223 g/mol. The molecule has 1 heterocycles. The number of hydrogen-bond donors (Lipinski definition) is 0. The second-order valence-corrected chi connectivity index (χ2v) is 3.81. The molecule has 0 fully saturated rings. The summed E-state index contributed by atoms with van der Waals surface area (Å²) in [6.45, 7) is 0.694. The van der Waals surface area contributed by atoms with E-state index in [-0.39, 0.29) is 0 Å². The average molecular weight is 223 g/mol. The molecule has 0 atom stereocenters. The lowest BCUT2D eigenvalue weighted by Gasteiger charge is -2.19. The molecule has 0 radical (unpaired) electrons. The molecule has 0 bridgehead atoms. The zero-order chi connectivity index (χ0) is 12.1. The minimum absolute atomic E-state index is 0.686. The van der Waals surface area contributed by atoms with E-state index in [1.165, 1.54) is 0 Å². The fourth-order valence-corrected chi connectivity index (χ4v) is 1.72. The van der Waals surface area contributed by atoms with E-state index in [2.05, 4.69) is 11.1 Å². The summed E-state index contributed by atoms with van der Waals surface area (Å²) >= 11 is 0. The van der Waals surface area contributed by atoms with Gasteiger partial charge in [-0.25, -0.2) is 0 Å². The Balaban J connectivity index is 2.21. The van der Waals surface area contributed by atoms with Crippen LogP contribution in [0.1, 0.15) is 11.3 Å². The van der Waals surface area contributed by atoms with Crippen molar-refractivity contribution in [3.05, 3.63) is 59.9 Å². The molecule has 0 saturated carbocycles. The first-order valence-electron chi connectivity index (χ1n) is 5.41. The quantitative estimate of drug-likeness (QED) is 0.803. The molecule has 17 heavy (non-hydrogen) atoms. The fourth-order valence-electron chi connectivity index (χ4n) is 1.72. The Morgan fingerprint density at radius 1 is 1.18 bits per heavy atom. The lowest BCUT2D eigenvalue weighted by molar-refractivity contribution is 0.883. The van der Waals surface area contributed by atoms with E-state index >= 15 is 0 Å². The van der Waals surface area contributed by atoms with Crippen molar-refractivity contribution in [1.29, 1.82) is 5.26 Å². The summed E-state index contributed by atoms with van der Waals surface area (Å²) in [4.78, 5) is 6.30. The predicted octanol–water partition coefficient (Wildman–Crippen LogP) is 2.59. The third-order valence-electron chi connectivity index (χ3n) is 2.56. The van der Waals surface area contributed by atoms with Gasteiger partial charge in [-0.15, -0.1) is 0 Å². The molecule has 0 N–H and O–H groups in total. The van der Waals surface area contributed by atoms with Gasteiger partial charge in [0.25, 0.3) is 0 Å². The molecule has 2 rings (SSSR count). The van der Waals surface area contributed by atoms with Gasteiger partial charge in [-0.3, -0.25) is 4.98 Å². The number of nitriles is 1. The van der Waals surface area contributed by atoms with Crippen LogP contribution in [0.15, 0.2) is 48.7 Å². The van der Waals surface area contributed by atoms with Crippen molar-refractivity contribution >= 4 is 5.69 Å². The number of hydrogen-bond acceptors (Lipinski definition) is 3. The Kier molecular flexibility index (Phi) is 3.37. The zero-order valence-corrected chi connectivity index (χ0v) is 9.67. The Bertz CT molecular complexity index is 529. The molecule has 0 aliphatic carbocycles. The highest BCUT2D eigenvalue weighted by Gasteiger charge is 2.07. The molecule has 0 spiro atoms. The van der Waals surface area contributed by atoms with E-state index in [0.29, 0.717) is 12.1 Å². The summed E-state index contributed by atoms with van der Waals surface area (Å²) in [6.07, 6.45) is 1.78. The highest BCUT2D eigenvalue weighted by Crippen LogP contribution is 2.19. The molecule has 84 valence electrons. The van der Waals surface area contributed by atoms with Gasteiger partial charge in [0.2, 0.25) is 0 Å². The van der Waals surface area contributed by atoms with Gasteiger partial charge in [0.1, 0.15) is 6.07 Å². The van der Waals surface area contributed by atoms with Crippen LogP contribution in [0.4, 0.5) is 5.69 Å². The maximum atomic E-state index is 9.04. The van der Waals surface area contributed by atoms with Gasteiger partial charge in [-0.2, -0.15) is 5.26 Å². The number of benzene rings is 1. The molecule has 0 aliphatic heterocycles. The third-order valence-corrected chi connectivity index (χ3v) is 2.56. The molecule has 1 aromatic heterocycles. The summed E-state index contributed by atoms with van der Waals surface area (Å²) < 4.78 is 0. The highest BCUT2D eigenvalue weighted by atomic mass is 15.1. The van der Waals surface area contributed by atoms with Crippen molar-refractivity contribution in [3.8, 4) is 6.07 Å². The summed E-state index contributed by atoms with van der Waals surface area (Å²) in [6, 6.07) is 15.6. The summed E-state index contributed by atoms with van der Waals surface area (Å²) in [7, 11) is 1.96. The van der Waals surface area contributed by atoms with Crippen LogP contribution in [0.25, 0.3) is 0 Å². The first-order chi connectivity index (χ1) is 8.31. The molecule has 3 heteroatoms. The molecule has 0 amide bonds. The summed E-state index contributed by atoms with van der Waals surface area (Å²) in [5.41, 5.74) is 2.61. The molecule has 0 aliphatic rings. The number of para-hydroxylation sites is 1. The Hall–Kier alpha value is -2.34. The molecular weight excluding hydrogens is 210 g/mol. The van der Waals surface area contributed by atoms with Gasteiger partial charge >= 0.3 is 0 Å². The minimum atomic E-state index is 0.686. The number of aromatic nitrogens is 1. The average Bonchev–Trinajstić information content (AvgIpc) is 2.40. The standard InChI is InChI=1S/C14H13N3/c1-17(11-13-7-4-5-9-16-13)14-8-3-2-6-12(14)10-15/h2-9H,11H2,1H3. The van der Waals surface area contributed by atoms with Crippen LogP contribution >= 0.6 is 0 Å². The lowest BCUT2D eigenvalue weighted by Crippen LogP contribution is -2.18. The number of pyridine rings is 1. The van der Waals surface area contributed by atoms with Crippen molar-refractivity contribution in [3.63, 3.8) is 0 Å². The van der Waals surface area contributed by atoms with E-state index in [9.17, 15) is 0 Å². The summed E-state index contributed by atoms with van der Waals surface area (Å²) in [5, 5.41) is 9.04. The van der Waals surface area contributed by atoms with Crippen LogP contribution in [-0.2, 0) is 6.54 Å². The zero-order valence-electron chi connectivity index (χ0n) is 9.67. The first-order valence-corrected chi connectivity index (χ1v) is 5.41. The number of nitrogens with zero attached hydrogens (tertiary/aromatic N) is 3. The molecule has 2 aromatic rings. The Morgan fingerprint density at radius 2 is 1.94 bits per heavy atom. The Morgan fingerprint density at radius 3 is 2.65 bits per heavy atom. The number of anilines is 1. The van der Waals surface area contributed by atoms with E-state index < -0.39 is 0 Å². The highest BCUT2D eigenvalue weighted by molar-refractivity contribution is 5.58. The SMILES string of the molecule is CN(Cc1ccccn1)c1ccccc1C#N. The largest absolute Gasteiger partial charge is 0.368 e. The lowest BCUT2D eigenvalue weighted by atomic mass is 10.2. The molecule has 0 saturated heterocycles. The third kappa shape index (κ3) is 2.61.